The number of esters is 1. The fourth-order valence-corrected chi connectivity index (χ4v) is 2.14. The fourth-order valence-electron chi connectivity index (χ4n) is 2.14. The second-order valence-electron chi connectivity index (χ2n) is 5.40. The highest BCUT2D eigenvalue weighted by molar-refractivity contribution is 5.76. The highest BCUT2D eigenvalue weighted by Crippen LogP contribution is 2.20. The Labute approximate surface area is 120 Å². The first-order chi connectivity index (χ1) is 9.60. The van der Waals surface area contributed by atoms with E-state index in [1.165, 1.54) is 0 Å². The number of imidazole rings is 1. The van der Waals surface area contributed by atoms with Crippen molar-refractivity contribution in [1.82, 2.24) is 19.8 Å². The summed E-state index contributed by atoms with van der Waals surface area (Å²) >= 11 is 0. The molecule has 20 heavy (non-hydrogen) atoms. The van der Waals surface area contributed by atoms with Crippen molar-refractivity contribution in [3.05, 3.63) is 18.2 Å². The zero-order chi connectivity index (χ0) is 14.5. The summed E-state index contributed by atoms with van der Waals surface area (Å²) in [5.74, 6) is 0.827. The lowest BCUT2D eigenvalue weighted by Gasteiger charge is -2.23. The van der Waals surface area contributed by atoms with Gasteiger partial charge in [-0.25, -0.2) is 4.98 Å². The average molecular weight is 280 g/mol. The molecule has 1 saturated carbocycles. The van der Waals surface area contributed by atoms with Crippen LogP contribution < -0.4 is 5.32 Å². The topological polar surface area (TPSA) is 59.4 Å². The molecule has 1 aliphatic rings. The molecule has 0 aliphatic heterocycles. The normalized spacial score (nSPS) is 16.4. The smallest absolute Gasteiger partial charge is 0.324 e. The third-order valence-corrected chi connectivity index (χ3v) is 3.41. The maximum Gasteiger partial charge on any atom is 0.324 e. The van der Waals surface area contributed by atoms with Gasteiger partial charge in [-0.15, -0.1) is 0 Å². The third-order valence-electron chi connectivity index (χ3n) is 3.41. The summed E-state index contributed by atoms with van der Waals surface area (Å²) < 4.78 is 7.13. The first kappa shape index (κ1) is 15.0. The number of ether oxygens (including phenoxy) is 1. The molecule has 0 spiro atoms. The van der Waals surface area contributed by atoms with E-state index in [1.54, 1.807) is 6.20 Å². The minimum Gasteiger partial charge on any atom is -0.465 e. The van der Waals surface area contributed by atoms with Crippen molar-refractivity contribution in [3.8, 4) is 0 Å². The van der Waals surface area contributed by atoms with Gasteiger partial charge in [0.2, 0.25) is 0 Å². The van der Waals surface area contributed by atoms with E-state index < -0.39 is 0 Å². The van der Waals surface area contributed by atoms with Crippen molar-refractivity contribution in [3.63, 3.8) is 0 Å². The maximum absolute atomic E-state index is 12.0. The summed E-state index contributed by atoms with van der Waals surface area (Å²) in [5.41, 5.74) is 0. The molecule has 1 aromatic rings. The van der Waals surface area contributed by atoms with Crippen LogP contribution in [0.5, 0.6) is 0 Å². The number of carbonyl (C=O) groups is 1. The summed E-state index contributed by atoms with van der Waals surface area (Å²) in [6.45, 7) is 3.60. The van der Waals surface area contributed by atoms with Crippen LogP contribution in [-0.2, 0) is 23.1 Å². The SMILES string of the molecule is CCOC(=O)C(CN(C)Cc1nccn1C)NC1CC1. The highest BCUT2D eigenvalue weighted by Gasteiger charge is 2.30. The van der Waals surface area contributed by atoms with Crippen LogP contribution in [0.2, 0.25) is 0 Å². The number of hydrogen-bond donors (Lipinski definition) is 1. The second kappa shape index (κ2) is 6.85. The van der Waals surface area contributed by atoms with E-state index in [2.05, 4.69) is 15.2 Å². The van der Waals surface area contributed by atoms with Gasteiger partial charge in [0.25, 0.3) is 0 Å². The van der Waals surface area contributed by atoms with E-state index in [0.717, 1.165) is 18.7 Å². The lowest BCUT2D eigenvalue weighted by Crippen LogP contribution is -2.46. The Morgan fingerprint density at radius 3 is 2.95 bits per heavy atom. The number of rotatable bonds is 8. The molecule has 1 N–H and O–H groups in total. The molecule has 112 valence electrons. The Morgan fingerprint density at radius 2 is 2.40 bits per heavy atom. The Morgan fingerprint density at radius 1 is 1.65 bits per heavy atom. The largest absolute Gasteiger partial charge is 0.465 e. The van der Waals surface area contributed by atoms with Crippen LogP contribution in [0.3, 0.4) is 0 Å². The third kappa shape index (κ3) is 4.31. The van der Waals surface area contributed by atoms with Gasteiger partial charge in [0.05, 0.1) is 13.2 Å². The molecular weight excluding hydrogens is 256 g/mol. The lowest BCUT2D eigenvalue weighted by atomic mass is 10.2. The van der Waals surface area contributed by atoms with Crippen molar-refractivity contribution < 1.29 is 9.53 Å². The fraction of sp³-hybridized carbons (Fsp3) is 0.714. The van der Waals surface area contributed by atoms with Gasteiger partial charge in [0.1, 0.15) is 11.9 Å². The first-order valence-corrected chi connectivity index (χ1v) is 7.17. The molecule has 0 saturated heterocycles. The molecule has 6 nitrogen and oxygen atoms in total. The molecule has 1 heterocycles. The van der Waals surface area contributed by atoms with Crippen LogP contribution in [0, 0.1) is 0 Å². The molecule has 0 aromatic carbocycles. The molecule has 1 aromatic heterocycles. The minimum absolute atomic E-state index is 0.161. The van der Waals surface area contributed by atoms with Crippen LogP contribution in [0.1, 0.15) is 25.6 Å². The van der Waals surface area contributed by atoms with E-state index in [0.29, 0.717) is 25.7 Å². The van der Waals surface area contributed by atoms with Gasteiger partial charge in [-0.2, -0.15) is 0 Å². The average Bonchev–Trinajstić information content (AvgIpc) is 3.13. The minimum atomic E-state index is -0.257. The summed E-state index contributed by atoms with van der Waals surface area (Å²) in [4.78, 5) is 18.4. The van der Waals surface area contributed by atoms with E-state index in [-0.39, 0.29) is 12.0 Å². The Kier molecular flexibility index (Phi) is 5.14. The van der Waals surface area contributed by atoms with E-state index in [9.17, 15) is 4.79 Å². The maximum atomic E-state index is 12.0. The number of likely N-dealkylation sites (N-methyl/N-ethyl adjacent to an activating group) is 1. The number of hydrogen-bond acceptors (Lipinski definition) is 5. The lowest BCUT2D eigenvalue weighted by molar-refractivity contribution is -0.146. The number of carbonyl (C=O) groups excluding carboxylic acids is 1. The molecule has 0 bridgehead atoms. The Hall–Kier alpha value is -1.40. The first-order valence-electron chi connectivity index (χ1n) is 7.17. The van der Waals surface area contributed by atoms with Gasteiger partial charge >= 0.3 is 5.97 Å². The molecule has 1 aliphatic carbocycles. The highest BCUT2D eigenvalue weighted by atomic mass is 16.5. The molecule has 2 rings (SSSR count). The molecule has 1 atom stereocenters. The van der Waals surface area contributed by atoms with Crippen LogP contribution in [0.25, 0.3) is 0 Å². The van der Waals surface area contributed by atoms with Crippen molar-refractivity contribution in [2.75, 3.05) is 20.2 Å². The summed E-state index contributed by atoms with van der Waals surface area (Å²) in [6, 6.07) is 0.221. The molecule has 6 heteroatoms. The van der Waals surface area contributed by atoms with Crippen molar-refractivity contribution in [2.24, 2.45) is 7.05 Å². The molecule has 1 fully saturated rings. The van der Waals surface area contributed by atoms with Crippen LogP contribution in [0.4, 0.5) is 0 Å². The number of nitrogens with zero attached hydrogens (tertiary/aromatic N) is 3. The van der Waals surface area contributed by atoms with Crippen molar-refractivity contribution in [2.45, 2.75) is 38.4 Å². The molecule has 0 radical (unpaired) electrons. The Balaban J connectivity index is 1.88. The van der Waals surface area contributed by atoms with Gasteiger partial charge < -0.3 is 14.6 Å². The zero-order valence-corrected chi connectivity index (χ0v) is 12.5. The predicted octanol–water partition coefficient (Wildman–Crippen LogP) is 0.536. The van der Waals surface area contributed by atoms with Crippen LogP contribution in [0.15, 0.2) is 12.4 Å². The number of aromatic nitrogens is 2. The zero-order valence-electron chi connectivity index (χ0n) is 12.5. The van der Waals surface area contributed by atoms with E-state index in [4.69, 9.17) is 4.74 Å². The summed E-state index contributed by atoms with van der Waals surface area (Å²) in [5, 5.41) is 3.36. The predicted molar refractivity (Wildman–Crippen MR) is 76.1 cm³/mol. The summed E-state index contributed by atoms with van der Waals surface area (Å²) in [6.07, 6.45) is 6.01. The molecule has 1 unspecified atom stereocenters. The van der Waals surface area contributed by atoms with Gasteiger partial charge in [-0.3, -0.25) is 9.69 Å². The number of nitrogens with one attached hydrogen (secondary N) is 1. The van der Waals surface area contributed by atoms with Crippen LogP contribution >= 0.6 is 0 Å². The monoisotopic (exact) mass is 280 g/mol. The Bertz CT molecular complexity index is 442. The second-order valence-corrected chi connectivity index (χ2v) is 5.40. The quantitative estimate of drug-likeness (QED) is 0.704. The molecule has 0 amide bonds. The number of aryl methyl sites for hydroxylation is 1. The van der Waals surface area contributed by atoms with E-state index in [1.807, 2.05) is 31.8 Å². The van der Waals surface area contributed by atoms with Gasteiger partial charge in [-0.1, -0.05) is 0 Å². The molecular formula is C14H24N4O2. The van der Waals surface area contributed by atoms with Crippen molar-refractivity contribution in [1.29, 1.82) is 0 Å². The summed E-state index contributed by atoms with van der Waals surface area (Å²) in [7, 11) is 3.97. The van der Waals surface area contributed by atoms with Crippen LogP contribution in [-0.4, -0.2) is 52.7 Å². The van der Waals surface area contributed by atoms with Crippen molar-refractivity contribution >= 4 is 5.97 Å². The van der Waals surface area contributed by atoms with Gasteiger partial charge in [0.15, 0.2) is 0 Å². The van der Waals surface area contributed by atoms with E-state index >= 15 is 0 Å². The van der Waals surface area contributed by atoms with Gasteiger partial charge in [0, 0.05) is 32.0 Å². The standard InChI is InChI=1S/C14H24N4O2/c1-4-20-14(19)12(16-11-5-6-11)9-17(2)10-13-15-7-8-18(13)3/h7-8,11-12,16H,4-6,9-10H2,1-3H3. The van der Waals surface area contributed by atoms with Gasteiger partial charge in [-0.05, 0) is 26.8 Å².